The highest BCUT2D eigenvalue weighted by atomic mass is 32.2. The Balaban J connectivity index is 2.36. The van der Waals surface area contributed by atoms with Gasteiger partial charge in [-0.1, -0.05) is 17.8 Å². The second-order valence-corrected chi connectivity index (χ2v) is 5.77. The number of aryl methyl sites for hydroxylation is 2. The fourth-order valence-electron chi connectivity index (χ4n) is 1.75. The number of nitrogens with one attached hydrogen (secondary N) is 1. The molecule has 0 aliphatic heterocycles. The van der Waals surface area contributed by atoms with E-state index >= 15 is 0 Å². The monoisotopic (exact) mass is 312 g/mol. The molecule has 0 aliphatic rings. The van der Waals surface area contributed by atoms with E-state index in [1.165, 1.54) is 11.8 Å². The van der Waals surface area contributed by atoms with Crippen molar-refractivity contribution >= 4 is 17.6 Å². The number of rotatable bonds is 3. The number of aromatic nitrogens is 1. The van der Waals surface area contributed by atoms with Gasteiger partial charge in [0, 0.05) is 11.9 Å². The molecular weight excluding hydrogens is 297 g/mol. The van der Waals surface area contributed by atoms with E-state index in [2.05, 4.69) is 10.3 Å². The number of alkyl halides is 3. The Labute approximate surface area is 125 Å². The van der Waals surface area contributed by atoms with Crippen molar-refractivity contribution in [2.75, 3.05) is 12.4 Å². The predicted octanol–water partition coefficient (Wildman–Crippen LogP) is 4.91. The van der Waals surface area contributed by atoms with E-state index in [1.54, 1.807) is 7.05 Å². The number of benzene rings is 1. The molecule has 0 amide bonds. The Morgan fingerprint density at radius 2 is 1.76 bits per heavy atom. The van der Waals surface area contributed by atoms with Crippen molar-refractivity contribution in [1.82, 2.24) is 4.98 Å². The minimum atomic E-state index is -4.38. The van der Waals surface area contributed by atoms with Gasteiger partial charge in [-0.2, -0.15) is 13.2 Å². The molecule has 2 rings (SSSR count). The molecule has 2 aromatic rings. The molecule has 0 atom stereocenters. The zero-order valence-electron chi connectivity index (χ0n) is 11.9. The van der Waals surface area contributed by atoms with E-state index in [0.29, 0.717) is 5.03 Å². The van der Waals surface area contributed by atoms with E-state index in [9.17, 15) is 13.2 Å². The standard InChI is InChI=1S/C15H15F3N2S/c1-9-4-5-12(6-10(9)2)21-14-8-11(15(16,17)18)7-13(19-3)20-14/h4-8H,1-3H3,(H,19,20). The predicted molar refractivity (Wildman–Crippen MR) is 78.8 cm³/mol. The summed E-state index contributed by atoms with van der Waals surface area (Å²) in [4.78, 5) is 5.03. The van der Waals surface area contributed by atoms with Crippen molar-refractivity contribution in [1.29, 1.82) is 0 Å². The van der Waals surface area contributed by atoms with Gasteiger partial charge < -0.3 is 5.32 Å². The maximum absolute atomic E-state index is 12.9. The quantitative estimate of drug-likeness (QED) is 0.871. The highest BCUT2D eigenvalue weighted by Gasteiger charge is 2.31. The van der Waals surface area contributed by atoms with Gasteiger partial charge in [-0.3, -0.25) is 0 Å². The van der Waals surface area contributed by atoms with Crippen molar-refractivity contribution in [3.05, 3.63) is 47.0 Å². The van der Waals surface area contributed by atoms with Crippen molar-refractivity contribution in [3.63, 3.8) is 0 Å². The first-order chi connectivity index (χ1) is 9.79. The maximum Gasteiger partial charge on any atom is 0.416 e. The summed E-state index contributed by atoms with van der Waals surface area (Å²) in [5.41, 5.74) is 1.54. The lowest BCUT2D eigenvalue weighted by atomic mass is 10.1. The summed E-state index contributed by atoms with van der Waals surface area (Å²) >= 11 is 1.22. The van der Waals surface area contributed by atoms with Gasteiger partial charge in [-0.15, -0.1) is 0 Å². The molecule has 0 fully saturated rings. The van der Waals surface area contributed by atoms with Gasteiger partial charge in [0.2, 0.25) is 0 Å². The molecule has 112 valence electrons. The lowest BCUT2D eigenvalue weighted by Crippen LogP contribution is -2.07. The summed E-state index contributed by atoms with van der Waals surface area (Å²) in [7, 11) is 1.55. The third-order valence-corrected chi connectivity index (χ3v) is 3.99. The van der Waals surface area contributed by atoms with Crippen molar-refractivity contribution in [3.8, 4) is 0 Å². The van der Waals surface area contributed by atoms with E-state index in [1.807, 2.05) is 32.0 Å². The summed E-state index contributed by atoms with van der Waals surface area (Å²) in [5, 5.41) is 2.98. The van der Waals surface area contributed by atoms with Gasteiger partial charge in [0.15, 0.2) is 0 Å². The second-order valence-electron chi connectivity index (χ2n) is 4.68. The van der Waals surface area contributed by atoms with Crippen molar-refractivity contribution in [2.24, 2.45) is 0 Å². The van der Waals surface area contributed by atoms with Crippen LogP contribution in [0.3, 0.4) is 0 Å². The van der Waals surface area contributed by atoms with Gasteiger partial charge in [-0.25, -0.2) is 4.98 Å². The fraction of sp³-hybridized carbons (Fsp3) is 0.267. The van der Waals surface area contributed by atoms with Crippen LogP contribution < -0.4 is 5.32 Å². The zero-order valence-corrected chi connectivity index (χ0v) is 12.7. The van der Waals surface area contributed by atoms with Crippen LogP contribution in [0, 0.1) is 13.8 Å². The van der Waals surface area contributed by atoms with Gasteiger partial charge in [0.1, 0.15) is 10.8 Å². The largest absolute Gasteiger partial charge is 0.416 e. The lowest BCUT2D eigenvalue weighted by molar-refractivity contribution is -0.137. The van der Waals surface area contributed by atoms with Crippen LogP contribution in [0.4, 0.5) is 19.0 Å². The highest BCUT2D eigenvalue weighted by Crippen LogP contribution is 2.35. The maximum atomic E-state index is 12.9. The van der Waals surface area contributed by atoms with Crippen LogP contribution in [0.1, 0.15) is 16.7 Å². The van der Waals surface area contributed by atoms with Crippen LogP contribution >= 0.6 is 11.8 Å². The van der Waals surface area contributed by atoms with E-state index < -0.39 is 11.7 Å². The third kappa shape index (κ3) is 3.91. The Morgan fingerprint density at radius 3 is 2.33 bits per heavy atom. The van der Waals surface area contributed by atoms with Crippen LogP contribution in [0.15, 0.2) is 40.3 Å². The Kier molecular flexibility index (Phi) is 4.46. The molecule has 1 aromatic heterocycles. The molecule has 0 spiro atoms. The molecule has 0 aliphatic carbocycles. The second kappa shape index (κ2) is 5.97. The minimum absolute atomic E-state index is 0.205. The average molecular weight is 312 g/mol. The van der Waals surface area contributed by atoms with Crippen molar-refractivity contribution < 1.29 is 13.2 Å². The molecule has 2 nitrogen and oxygen atoms in total. The molecule has 21 heavy (non-hydrogen) atoms. The van der Waals surface area contributed by atoms with Gasteiger partial charge in [-0.05, 0) is 49.2 Å². The first-order valence-corrected chi connectivity index (χ1v) is 7.13. The number of anilines is 1. The summed E-state index contributed by atoms with van der Waals surface area (Å²) in [5.74, 6) is 0.205. The topological polar surface area (TPSA) is 24.9 Å². The lowest BCUT2D eigenvalue weighted by Gasteiger charge is -2.11. The van der Waals surface area contributed by atoms with Crippen LogP contribution in [0.2, 0.25) is 0 Å². The summed E-state index contributed by atoms with van der Waals surface area (Å²) in [6.07, 6.45) is -4.38. The number of halogens is 3. The summed E-state index contributed by atoms with van der Waals surface area (Å²) < 4.78 is 38.6. The average Bonchev–Trinajstić information content (AvgIpc) is 2.41. The molecule has 0 radical (unpaired) electrons. The molecular formula is C15H15F3N2S. The smallest absolute Gasteiger partial charge is 0.373 e. The van der Waals surface area contributed by atoms with Crippen LogP contribution in [0.25, 0.3) is 0 Å². The minimum Gasteiger partial charge on any atom is -0.373 e. The van der Waals surface area contributed by atoms with E-state index in [4.69, 9.17) is 0 Å². The Morgan fingerprint density at radius 1 is 1.05 bits per heavy atom. The van der Waals surface area contributed by atoms with Gasteiger partial charge in [0.05, 0.1) is 5.56 Å². The number of nitrogens with zero attached hydrogens (tertiary/aromatic N) is 1. The van der Waals surface area contributed by atoms with Crippen molar-refractivity contribution in [2.45, 2.75) is 29.9 Å². The van der Waals surface area contributed by atoms with E-state index in [0.717, 1.165) is 28.2 Å². The van der Waals surface area contributed by atoms with Crippen LogP contribution in [0.5, 0.6) is 0 Å². The molecule has 6 heteroatoms. The highest BCUT2D eigenvalue weighted by molar-refractivity contribution is 7.99. The summed E-state index contributed by atoms with van der Waals surface area (Å²) in [6.45, 7) is 3.96. The zero-order chi connectivity index (χ0) is 15.6. The Bertz CT molecular complexity index is 654. The number of pyridine rings is 1. The first kappa shape index (κ1) is 15.7. The van der Waals surface area contributed by atoms with E-state index in [-0.39, 0.29) is 5.82 Å². The van der Waals surface area contributed by atoms with Gasteiger partial charge in [0.25, 0.3) is 0 Å². The molecule has 0 unspecified atom stereocenters. The molecule has 1 aromatic carbocycles. The first-order valence-electron chi connectivity index (χ1n) is 6.32. The molecule has 0 saturated carbocycles. The van der Waals surface area contributed by atoms with Crippen LogP contribution in [-0.4, -0.2) is 12.0 Å². The normalized spacial score (nSPS) is 11.5. The molecule has 0 bridgehead atoms. The summed E-state index contributed by atoms with van der Waals surface area (Å²) in [6, 6.07) is 7.85. The Hall–Kier alpha value is -1.69. The molecule has 1 N–H and O–H groups in total. The number of hydrogen-bond acceptors (Lipinski definition) is 3. The third-order valence-electron chi connectivity index (χ3n) is 3.09. The molecule has 1 heterocycles. The fourth-order valence-corrected chi connectivity index (χ4v) is 2.69. The SMILES string of the molecule is CNc1cc(C(F)(F)F)cc(Sc2ccc(C)c(C)c2)n1. The van der Waals surface area contributed by atoms with Crippen LogP contribution in [-0.2, 0) is 6.18 Å². The van der Waals surface area contributed by atoms with Gasteiger partial charge >= 0.3 is 6.18 Å². The number of hydrogen-bond donors (Lipinski definition) is 1. The molecule has 0 saturated heterocycles.